The molecule has 0 bridgehead atoms. The van der Waals surface area contributed by atoms with Crippen molar-refractivity contribution in [2.24, 2.45) is 0 Å². The van der Waals surface area contributed by atoms with Crippen molar-refractivity contribution in [1.82, 2.24) is 0 Å². The highest BCUT2D eigenvalue weighted by Crippen LogP contribution is 2.34. The smallest absolute Gasteiger partial charge is 0.465 e. The second kappa shape index (κ2) is 7.30. The van der Waals surface area contributed by atoms with Crippen molar-refractivity contribution in [2.45, 2.75) is 13.3 Å². The molecule has 0 heterocycles. The van der Waals surface area contributed by atoms with Gasteiger partial charge >= 0.3 is 12.3 Å². The van der Waals surface area contributed by atoms with Crippen LogP contribution < -0.4 is 9.47 Å². The lowest BCUT2D eigenvalue weighted by molar-refractivity contribution is -0.385. The molecule has 2 rings (SSSR count). The first-order chi connectivity index (χ1) is 12.1. The van der Waals surface area contributed by atoms with Gasteiger partial charge in [-0.1, -0.05) is 0 Å². The second-order valence-electron chi connectivity index (χ2n) is 4.95. The van der Waals surface area contributed by atoms with Crippen LogP contribution in [0.2, 0.25) is 0 Å². The average molecular weight is 371 g/mol. The minimum absolute atomic E-state index is 0.112. The van der Waals surface area contributed by atoms with Crippen molar-refractivity contribution in [3.63, 3.8) is 0 Å². The molecule has 0 amide bonds. The zero-order chi connectivity index (χ0) is 19.5. The number of rotatable bonds is 5. The summed E-state index contributed by atoms with van der Waals surface area (Å²) in [5.74, 6) is -1.08. The molecule has 2 aromatic carbocycles. The molecule has 0 saturated carbocycles. The number of hydrogen-bond acceptors (Lipinski definition) is 6. The predicted octanol–water partition coefficient (Wildman–Crippen LogP) is 4.38. The van der Waals surface area contributed by atoms with Gasteiger partial charge in [-0.2, -0.15) is 0 Å². The summed E-state index contributed by atoms with van der Waals surface area (Å²) in [6.45, 7) is 1.43. The SMILES string of the molecule is COC(=O)c1c([N+](=O)[O-])ccc(Oc2ccc(OC(F)(F)F)cc2)c1C. The Balaban J connectivity index is 2.32. The van der Waals surface area contributed by atoms with E-state index in [2.05, 4.69) is 9.47 Å². The molecule has 0 fully saturated rings. The van der Waals surface area contributed by atoms with E-state index in [9.17, 15) is 28.1 Å². The van der Waals surface area contributed by atoms with Gasteiger partial charge in [0, 0.05) is 11.6 Å². The fourth-order valence-electron chi connectivity index (χ4n) is 2.14. The van der Waals surface area contributed by atoms with E-state index in [4.69, 9.17) is 4.74 Å². The maximum absolute atomic E-state index is 12.1. The number of carbonyl (C=O) groups is 1. The number of esters is 1. The Morgan fingerprint density at radius 3 is 2.15 bits per heavy atom. The van der Waals surface area contributed by atoms with Gasteiger partial charge in [0.1, 0.15) is 22.8 Å². The Morgan fingerprint density at radius 1 is 1.08 bits per heavy atom. The van der Waals surface area contributed by atoms with Crippen LogP contribution in [0.4, 0.5) is 18.9 Å². The highest BCUT2D eigenvalue weighted by molar-refractivity contribution is 5.96. The van der Waals surface area contributed by atoms with E-state index in [0.29, 0.717) is 0 Å². The number of halogens is 3. The quantitative estimate of drug-likeness (QED) is 0.440. The first kappa shape index (κ1) is 19.0. The zero-order valence-electron chi connectivity index (χ0n) is 13.5. The molecule has 2 aromatic rings. The number of nitro groups is 1. The topological polar surface area (TPSA) is 87.9 Å². The Labute approximate surface area is 145 Å². The molecule has 0 aliphatic carbocycles. The van der Waals surface area contributed by atoms with Crippen molar-refractivity contribution >= 4 is 11.7 Å². The van der Waals surface area contributed by atoms with E-state index >= 15 is 0 Å². The van der Waals surface area contributed by atoms with E-state index < -0.39 is 28.7 Å². The molecule has 0 aliphatic rings. The van der Waals surface area contributed by atoms with Gasteiger partial charge in [-0.15, -0.1) is 13.2 Å². The second-order valence-corrected chi connectivity index (χ2v) is 4.95. The molecule has 0 unspecified atom stereocenters. The number of nitrogens with zero attached hydrogens (tertiary/aromatic N) is 1. The van der Waals surface area contributed by atoms with Crippen molar-refractivity contribution in [1.29, 1.82) is 0 Å². The Hall–Kier alpha value is -3.30. The normalized spacial score (nSPS) is 11.0. The maximum Gasteiger partial charge on any atom is 0.573 e. The standard InChI is InChI=1S/C16H12F3NO6/c1-9-13(8-7-12(20(22)23)14(9)15(21)24-2)25-10-3-5-11(6-4-10)26-16(17,18)19/h3-8H,1-2H3. The van der Waals surface area contributed by atoms with Crippen LogP contribution in [0.3, 0.4) is 0 Å². The van der Waals surface area contributed by atoms with E-state index in [-0.39, 0.29) is 22.6 Å². The van der Waals surface area contributed by atoms with Gasteiger partial charge in [0.15, 0.2) is 0 Å². The van der Waals surface area contributed by atoms with E-state index in [1.807, 2.05) is 0 Å². The third-order valence-electron chi connectivity index (χ3n) is 3.26. The number of benzene rings is 2. The summed E-state index contributed by atoms with van der Waals surface area (Å²) in [6.07, 6.45) is -4.81. The van der Waals surface area contributed by atoms with Crippen LogP contribution in [0.5, 0.6) is 17.2 Å². The molecule has 7 nitrogen and oxygen atoms in total. The third kappa shape index (κ3) is 4.41. The summed E-state index contributed by atoms with van der Waals surface area (Å²) in [5, 5.41) is 11.1. The molecule has 0 atom stereocenters. The van der Waals surface area contributed by atoms with E-state index in [1.54, 1.807) is 0 Å². The summed E-state index contributed by atoms with van der Waals surface area (Å²) >= 11 is 0. The lowest BCUT2D eigenvalue weighted by Gasteiger charge is -2.13. The molecular weight excluding hydrogens is 359 g/mol. The zero-order valence-corrected chi connectivity index (χ0v) is 13.5. The summed E-state index contributed by atoms with van der Waals surface area (Å²) < 4.78 is 50.2. The third-order valence-corrected chi connectivity index (χ3v) is 3.26. The van der Waals surface area contributed by atoms with E-state index in [1.165, 1.54) is 25.1 Å². The van der Waals surface area contributed by atoms with Crippen LogP contribution in [0.1, 0.15) is 15.9 Å². The van der Waals surface area contributed by atoms with Crippen molar-refractivity contribution in [3.8, 4) is 17.2 Å². The minimum Gasteiger partial charge on any atom is -0.465 e. The number of hydrogen-bond donors (Lipinski definition) is 0. The lowest BCUT2D eigenvalue weighted by Crippen LogP contribution is -2.16. The number of carbonyl (C=O) groups excluding carboxylic acids is 1. The van der Waals surface area contributed by atoms with Gasteiger partial charge < -0.3 is 14.2 Å². The van der Waals surface area contributed by atoms with E-state index in [0.717, 1.165) is 25.3 Å². The summed E-state index contributed by atoms with van der Waals surface area (Å²) in [6, 6.07) is 6.89. The highest BCUT2D eigenvalue weighted by Gasteiger charge is 2.31. The van der Waals surface area contributed by atoms with Crippen LogP contribution in [-0.2, 0) is 4.74 Å². The molecular formula is C16H12F3NO6. The Morgan fingerprint density at radius 2 is 1.65 bits per heavy atom. The maximum atomic E-state index is 12.1. The summed E-state index contributed by atoms with van der Waals surface area (Å²) in [5.41, 5.74) is -0.565. The number of ether oxygens (including phenoxy) is 3. The predicted molar refractivity (Wildman–Crippen MR) is 82.4 cm³/mol. The largest absolute Gasteiger partial charge is 0.573 e. The molecule has 0 radical (unpaired) electrons. The Kier molecular flexibility index (Phi) is 5.34. The molecule has 26 heavy (non-hydrogen) atoms. The molecule has 0 N–H and O–H groups in total. The Bertz CT molecular complexity index is 833. The van der Waals surface area contributed by atoms with Gasteiger partial charge in [0.05, 0.1) is 12.0 Å². The first-order valence-electron chi connectivity index (χ1n) is 7.02. The van der Waals surface area contributed by atoms with Crippen LogP contribution >= 0.6 is 0 Å². The van der Waals surface area contributed by atoms with Crippen molar-refractivity contribution < 1.29 is 37.1 Å². The van der Waals surface area contributed by atoms with Gasteiger partial charge in [0.2, 0.25) is 0 Å². The fourth-order valence-corrected chi connectivity index (χ4v) is 2.14. The van der Waals surface area contributed by atoms with Crippen molar-refractivity contribution in [2.75, 3.05) is 7.11 Å². The molecule has 0 saturated heterocycles. The van der Waals surface area contributed by atoms with Gasteiger partial charge in [-0.05, 0) is 37.3 Å². The van der Waals surface area contributed by atoms with Gasteiger partial charge in [-0.25, -0.2) is 4.79 Å². The van der Waals surface area contributed by atoms with Crippen molar-refractivity contribution in [3.05, 3.63) is 57.6 Å². The summed E-state index contributed by atoms with van der Waals surface area (Å²) in [7, 11) is 1.08. The van der Waals surface area contributed by atoms with Crippen LogP contribution in [-0.4, -0.2) is 24.4 Å². The molecule has 0 aliphatic heterocycles. The van der Waals surface area contributed by atoms with Crippen LogP contribution in [0.15, 0.2) is 36.4 Å². The fraction of sp³-hybridized carbons (Fsp3) is 0.188. The lowest BCUT2D eigenvalue weighted by atomic mass is 10.1. The molecule has 0 spiro atoms. The first-order valence-corrected chi connectivity index (χ1v) is 7.02. The highest BCUT2D eigenvalue weighted by atomic mass is 19.4. The summed E-state index contributed by atoms with van der Waals surface area (Å²) in [4.78, 5) is 22.2. The number of nitro benzene ring substituents is 1. The van der Waals surface area contributed by atoms with Crippen LogP contribution in [0, 0.1) is 17.0 Å². The number of methoxy groups -OCH3 is 1. The molecule has 138 valence electrons. The van der Waals surface area contributed by atoms with Gasteiger partial charge in [0.25, 0.3) is 5.69 Å². The van der Waals surface area contributed by atoms with Gasteiger partial charge in [-0.3, -0.25) is 10.1 Å². The average Bonchev–Trinajstić information content (AvgIpc) is 2.56. The van der Waals surface area contributed by atoms with Crippen LogP contribution in [0.25, 0.3) is 0 Å². The molecule has 10 heteroatoms. The number of alkyl halides is 3. The monoisotopic (exact) mass is 371 g/mol. The minimum atomic E-state index is -4.81. The molecule has 0 aromatic heterocycles.